The lowest BCUT2D eigenvalue weighted by molar-refractivity contribution is 0.0936. The van der Waals surface area contributed by atoms with E-state index in [2.05, 4.69) is 27.8 Å². The lowest BCUT2D eigenvalue weighted by Crippen LogP contribution is -2.44. The lowest BCUT2D eigenvalue weighted by atomic mass is 9.75. The molecule has 0 amide bonds. The summed E-state index contributed by atoms with van der Waals surface area (Å²) in [6, 6.07) is 0. The summed E-state index contributed by atoms with van der Waals surface area (Å²) in [6.45, 7) is 6.45. The minimum absolute atomic E-state index is 0.606. The number of halogens is 1. The largest absolute Gasteiger partial charge is 0.302 e. The van der Waals surface area contributed by atoms with Gasteiger partial charge in [0.05, 0.1) is 0 Å². The van der Waals surface area contributed by atoms with E-state index in [1.807, 2.05) is 0 Å². The number of nitrogens with zero attached hydrogens (tertiary/aromatic N) is 1. The van der Waals surface area contributed by atoms with Gasteiger partial charge in [-0.05, 0) is 43.6 Å². The van der Waals surface area contributed by atoms with E-state index in [-0.39, 0.29) is 0 Å². The average Bonchev–Trinajstić information content (AvgIpc) is 2.30. The smallest absolute Gasteiger partial charge is 0.0100 e. The molecule has 2 aliphatic rings. The summed E-state index contributed by atoms with van der Waals surface area (Å²) in [7, 11) is 0. The Bertz CT molecular complexity index is 211. The van der Waals surface area contributed by atoms with Gasteiger partial charge in [-0.3, -0.25) is 0 Å². The Morgan fingerprint density at radius 2 is 1.94 bits per heavy atom. The first-order chi connectivity index (χ1) is 7.74. The molecule has 2 rings (SSSR count). The van der Waals surface area contributed by atoms with E-state index in [0.29, 0.717) is 5.41 Å². The van der Waals surface area contributed by atoms with Gasteiger partial charge in [0, 0.05) is 18.4 Å². The van der Waals surface area contributed by atoms with Crippen molar-refractivity contribution in [2.45, 2.75) is 51.9 Å². The molecule has 0 aromatic rings. The summed E-state index contributed by atoms with van der Waals surface area (Å²) < 4.78 is 0. The second-order valence-electron chi connectivity index (χ2n) is 6.18. The van der Waals surface area contributed by atoms with E-state index < -0.39 is 0 Å². The normalized spacial score (nSPS) is 31.5. The van der Waals surface area contributed by atoms with E-state index in [1.165, 1.54) is 69.9 Å². The van der Waals surface area contributed by atoms with Gasteiger partial charge in [-0.15, -0.1) is 0 Å². The molecule has 1 aliphatic heterocycles. The molecule has 1 saturated heterocycles. The Balaban J connectivity index is 1.89. The molecular weight excluding hydrogens is 262 g/mol. The van der Waals surface area contributed by atoms with Crippen molar-refractivity contribution in [3.8, 4) is 0 Å². The van der Waals surface area contributed by atoms with Crippen LogP contribution >= 0.6 is 15.9 Å². The fourth-order valence-corrected chi connectivity index (χ4v) is 4.28. The van der Waals surface area contributed by atoms with Crippen molar-refractivity contribution in [2.24, 2.45) is 11.3 Å². The van der Waals surface area contributed by atoms with Crippen LogP contribution in [0, 0.1) is 11.3 Å². The molecule has 94 valence electrons. The average molecular weight is 288 g/mol. The Labute approximate surface area is 109 Å². The van der Waals surface area contributed by atoms with Crippen molar-refractivity contribution in [1.29, 1.82) is 0 Å². The van der Waals surface area contributed by atoms with Gasteiger partial charge in [-0.1, -0.05) is 42.1 Å². The SMILES string of the molecule is CC1CCCN(CC2(CBr)CCCCC2)C1. The fraction of sp³-hybridized carbons (Fsp3) is 1.00. The predicted molar refractivity (Wildman–Crippen MR) is 74.2 cm³/mol. The topological polar surface area (TPSA) is 3.24 Å². The summed E-state index contributed by atoms with van der Waals surface area (Å²) in [5, 5.41) is 1.21. The van der Waals surface area contributed by atoms with Crippen LogP contribution in [-0.4, -0.2) is 29.9 Å². The summed E-state index contributed by atoms with van der Waals surface area (Å²) in [4.78, 5) is 2.74. The maximum absolute atomic E-state index is 3.78. The van der Waals surface area contributed by atoms with Gasteiger partial charge >= 0.3 is 0 Å². The summed E-state index contributed by atoms with van der Waals surface area (Å²) in [5.41, 5.74) is 0.606. The van der Waals surface area contributed by atoms with Gasteiger partial charge in [0.2, 0.25) is 0 Å². The molecule has 0 aromatic heterocycles. The Morgan fingerprint density at radius 3 is 2.56 bits per heavy atom. The third kappa shape index (κ3) is 3.22. The number of piperidine rings is 1. The molecule has 0 aromatic carbocycles. The molecule has 0 spiro atoms. The number of hydrogen-bond acceptors (Lipinski definition) is 1. The predicted octanol–water partition coefficient (Wildman–Crippen LogP) is 4.06. The molecular formula is C14H26BrN. The Morgan fingerprint density at radius 1 is 1.19 bits per heavy atom. The fourth-order valence-electron chi connectivity index (χ4n) is 3.54. The van der Waals surface area contributed by atoms with Gasteiger partial charge in [0.25, 0.3) is 0 Å². The molecule has 16 heavy (non-hydrogen) atoms. The molecule has 1 heterocycles. The van der Waals surface area contributed by atoms with E-state index in [1.54, 1.807) is 0 Å². The van der Waals surface area contributed by atoms with Crippen molar-refractivity contribution < 1.29 is 0 Å². The molecule has 1 atom stereocenters. The quantitative estimate of drug-likeness (QED) is 0.708. The zero-order valence-corrected chi connectivity index (χ0v) is 12.3. The highest BCUT2D eigenvalue weighted by molar-refractivity contribution is 9.09. The van der Waals surface area contributed by atoms with Crippen LogP contribution in [-0.2, 0) is 0 Å². The van der Waals surface area contributed by atoms with Crippen molar-refractivity contribution in [3.63, 3.8) is 0 Å². The highest BCUT2D eigenvalue weighted by Gasteiger charge is 2.33. The molecule has 1 unspecified atom stereocenters. The van der Waals surface area contributed by atoms with Crippen LogP contribution in [0.25, 0.3) is 0 Å². The molecule has 2 fully saturated rings. The van der Waals surface area contributed by atoms with Gasteiger partial charge in [0.1, 0.15) is 0 Å². The third-order valence-corrected chi connectivity index (χ3v) is 5.69. The van der Waals surface area contributed by atoms with E-state index >= 15 is 0 Å². The number of rotatable bonds is 3. The summed E-state index contributed by atoms with van der Waals surface area (Å²) in [5.74, 6) is 0.921. The van der Waals surface area contributed by atoms with Crippen LogP contribution in [0.1, 0.15) is 51.9 Å². The van der Waals surface area contributed by atoms with Crippen LogP contribution in [0.5, 0.6) is 0 Å². The monoisotopic (exact) mass is 287 g/mol. The minimum atomic E-state index is 0.606. The molecule has 0 N–H and O–H groups in total. The van der Waals surface area contributed by atoms with E-state index in [9.17, 15) is 0 Å². The van der Waals surface area contributed by atoms with Crippen LogP contribution < -0.4 is 0 Å². The zero-order valence-electron chi connectivity index (χ0n) is 10.7. The van der Waals surface area contributed by atoms with Crippen molar-refractivity contribution in [3.05, 3.63) is 0 Å². The molecule has 0 radical (unpaired) electrons. The number of hydrogen-bond donors (Lipinski definition) is 0. The van der Waals surface area contributed by atoms with Gasteiger partial charge in [-0.2, -0.15) is 0 Å². The first kappa shape index (κ1) is 12.9. The third-order valence-electron chi connectivity index (χ3n) is 4.50. The highest BCUT2D eigenvalue weighted by Crippen LogP contribution is 2.39. The standard InChI is InChI=1S/C14H26BrN/c1-13-6-5-9-16(10-13)12-14(11-15)7-3-2-4-8-14/h13H,2-12H2,1H3. The van der Waals surface area contributed by atoms with Gasteiger partial charge < -0.3 is 4.90 Å². The van der Waals surface area contributed by atoms with E-state index in [4.69, 9.17) is 0 Å². The first-order valence-electron chi connectivity index (χ1n) is 7.02. The van der Waals surface area contributed by atoms with Crippen molar-refractivity contribution >= 4 is 15.9 Å². The van der Waals surface area contributed by atoms with Crippen LogP contribution in [0.2, 0.25) is 0 Å². The number of likely N-dealkylation sites (tertiary alicyclic amines) is 1. The minimum Gasteiger partial charge on any atom is -0.302 e. The van der Waals surface area contributed by atoms with Gasteiger partial charge in [0.15, 0.2) is 0 Å². The molecule has 0 bridgehead atoms. The maximum atomic E-state index is 3.78. The maximum Gasteiger partial charge on any atom is 0.0100 e. The summed E-state index contributed by atoms with van der Waals surface area (Å²) in [6.07, 6.45) is 10.1. The Kier molecular flexibility index (Phi) is 4.72. The van der Waals surface area contributed by atoms with E-state index in [0.717, 1.165) is 5.92 Å². The molecule has 2 heteroatoms. The van der Waals surface area contributed by atoms with Gasteiger partial charge in [-0.25, -0.2) is 0 Å². The van der Waals surface area contributed by atoms with Crippen LogP contribution in [0.4, 0.5) is 0 Å². The first-order valence-corrected chi connectivity index (χ1v) is 8.15. The van der Waals surface area contributed by atoms with Crippen LogP contribution in [0.15, 0.2) is 0 Å². The zero-order chi connectivity index (χ0) is 11.4. The molecule has 1 aliphatic carbocycles. The molecule has 1 saturated carbocycles. The van der Waals surface area contributed by atoms with Crippen molar-refractivity contribution in [1.82, 2.24) is 4.90 Å². The second-order valence-corrected chi connectivity index (χ2v) is 6.74. The summed E-state index contributed by atoms with van der Waals surface area (Å²) >= 11 is 3.78. The lowest BCUT2D eigenvalue weighted by Gasteiger charge is -2.42. The number of alkyl halides is 1. The Hall–Kier alpha value is 0.440. The van der Waals surface area contributed by atoms with Crippen LogP contribution in [0.3, 0.4) is 0 Å². The molecule has 1 nitrogen and oxygen atoms in total. The highest BCUT2D eigenvalue weighted by atomic mass is 79.9. The van der Waals surface area contributed by atoms with Crippen molar-refractivity contribution in [2.75, 3.05) is 25.0 Å². The second kappa shape index (κ2) is 5.86.